The number of hydrogen-bond acceptors (Lipinski definition) is 2. The smallest absolute Gasteiger partial charge is 0.191 e. The van der Waals surface area contributed by atoms with Crippen LogP contribution in [0.15, 0.2) is 47.5 Å². The molecule has 0 aliphatic carbocycles. The largest absolute Gasteiger partial charge is 0.380 e. The van der Waals surface area contributed by atoms with Crippen LogP contribution in [0.5, 0.6) is 0 Å². The molecule has 2 aromatic carbocycles. The summed E-state index contributed by atoms with van der Waals surface area (Å²) in [5, 5.41) is 6.54. The number of ether oxygens (including phenoxy) is 1. The summed E-state index contributed by atoms with van der Waals surface area (Å²) in [7, 11) is 1.69. The fourth-order valence-electron chi connectivity index (χ4n) is 2.42. The van der Waals surface area contributed by atoms with Gasteiger partial charge in [-0.1, -0.05) is 36.4 Å². The van der Waals surface area contributed by atoms with E-state index >= 15 is 0 Å². The van der Waals surface area contributed by atoms with Gasteiger partial charge in [0.2, 0.25) is 0 Å². The van der Waals surface area contributed by atoms with Crippen LogP contribution in [-0.2, 0) is 24.4 Å². The molecule has 0 heterocycles. The maximum absolute atomic E-state index is 13.3. The molecule has 2 rings (SSSR count). The molecular weight excluding hydrogens is 444 g/mol. The third kappa shape index (κ3) is 7.29. The highest BCUT2D eigenvalue weighted by Gasteiger charge is 2.01. The third-order valence-electron chi connectivity index (χ3n) is 3.78. The molecular formula is C20H27FIN3O. The molecule has 0 saturated carbocycles. The summed E-state index contributed by atoms with van der Waals surface area (Å²) in [6.45, 7) is 6.37. The molecule has 0 aliphatic heterocycles. The molecule has 6 heteroatoms. The van der Waals surface area contributed by atoms with E-state index in [0.29, 0.717) is 25.3 Å². The van der Waals surface area contributed by atoms with Gasteiger partial charge >= 0.3 is 0 Å². The van der Waals surface area contributed by atoms with Crippen LogP contribution in [0.2, 0.25) is 0 Å². The summed E-state index contributed by atoms with van der Waals surface area (Å²) in [6.07, 6.45) is 0. The van der Waals surface area contributed by atoms with Gasteiger partial charge in [-0.15, -0.1) is 24.0 Å². The van der Waals surface area contributed by atoms with Crippen LogP contribution in [0.3, 0.4) is 0 Å². The average Bonchev–Trinajstić information content (AvgIpc) is 2.62. The first kappa shape index (κ1) is 22.4. The molecule has 0 unspecified atom stereocenters. The van der Waals surface area contributed by atoms with Crippen LogP contribution in [0.25, 0.3) is 0 Å². The van der Waals surface area contributed by atoms with Crippen molar-refractivity contribution in [2.45, 2.75) is 33.5 Å². The predicted octanol–water partition coefficient (Wildman–Crippen LogP) is 4.15. The summed E-state index contributed by atoms with van der Waals surface area (Å²) >= 11 is 0. The van der Waals surface area contributed by atoms with Crippen molar-refractivity contribution in [1.82, 2.24) is 10.6 Å². The first-order valence-corrected chi connectivity index (χ1v) is 8.46. The molecule has 0 atom stereocenters. The predicted molar refractivity (Wildman–Crippen MR) is 115 cm³/mol. The number of nitrogens with one attached hydrogen (secondary N) is 2. The van der Waals surface area contributed by atoms with Gasteiger partial charge < -0.3 is 15.4 Å². The monoisotopic (exact) mass is 471 g/mol. The number of nitrogens with zero attached hydrogens (tertiary/aromatic N) is 1. The second kappa shape index (κ2) is 11.9. The maximum Gasteiger partial charge on any atom is 0.191 e. The zero-order valence-corrected chi connectivity index (χ0v) is 17.8. The number of benzene rings is 2. The fourth-order valence-corrected chi connectivity index (χ4v) is 2.42. The summed E-state index contributed by atoms with van der Waals surface area (Å²) in [4.78, 5) is 4.57. The van der Waals surface area contributed by atoms with Crippen molar-refractivity contribution in [2.24, 2.45) is 4.99 Å². The Kier molecular flexibility index (Phi) is 10.2. The topological polar surface area (TPSA) is 45.7 Å². The van der Waals surface area contributed by atoms with Gasteiger partial charge in [-0.05, 0) is 42.2 Å². The highest BCUT2D eigenvalue weighted by Crippen LogP contribution is 2.10. The van der Waals surface area contributed by atoms with E-state index in [1.54, 1.807) is 20.1 Å². The molecule has 4 nitrogen and oxygen atoms in total. The zero-order chi connectivity index (χ0) is 18.1. The lowest BCUT2D eigenvalue weighted by Gasteiger charge is -2.12. The van der Waals surface area contributed by atoms with Crippen LogP contribution in [0.1, 0.15) is 29.2 Å². The molecule has 0 aliphatic rings. The minimum Gasteiger partial charge on any atom is -0.380 e. The highest BCUT2D eigenvalue weighted by molar-refractivity contribution is 14.0. The van der Waals surface area contributed by atoms with Gasteiger partial charge in [-0.3, -0.25) is 0 Å². The first-order valence-electron chi connectivity index (χ1n) is 8.46. The van der Waals surface area contributed by atoms with E-state index in [0.717, 1.165) is 23.6 Å². The summed E-state index contributed by atoms with van der Waals surface area (Å²) in [5.41, 5.74) is 3.95. The van der Waals surface area contributed by atoms with Gasteiger partial charge in [0.15, 0.2) is 5.96 Å². The Morgan fingerprint density at radius 3 is 2.31 bits per heavy atom. The Balaban J connectivity index is 0.00000338. The van der Waals surface area contributed by atoms with Crippen molar-refractivity contribution in [3.8, 4) is 0 Å². The maximum atomic E-state index is 13.3. The number of guanidine groups is 1. The van der Waals surface area contributed by atoms with Crippen LogP contribution < -0.4 is 10.6 Å². The molecule has 0 saturated heterocycles. The van der Waals surface area contributed by atoms with E-state index in [1.165, 1.54) is 11.6 Å². The molecule has 0 aromatic heterocycles. The van der Waals surface area contributed by atoms with Crippen molar-refractivity contribution in [1.29, 1.82) is 0 Å². The number of rotatable bonds is 7. The van der Waals surface area contributed by atoms with E-state index in [9.17, 15) is 4.39 Å². The molecule has 142 valence electrons. The van der Waals surface area contributed by atoms with Crippen molar-refractivity contribution in [3.63, 3.8) is 0 Å². The number of halogens is 2. The van der Waals surface area contributed by atoms with Crippen LogP contribution >= 0.6 is 24.0 Å². The molecule has 2 aromatic rings. The Morgan fingerprint density at radius 1 is 1.04 bits per heavy atom. The van der Waals surface area contributed by atoms with Gasteiger partial charge in [-0.25, -0.2) is 9.38 Å². The molecule has 0 bridgehead atoms. The normalized spacial score (nSPS) is 11.0. The summed E-state index contributed by atoms with van der Waals surface area (Å²) < 4.78 is 18.5. The quantitative estimate of drug-likeness (QED) is 0.362. The Morgan fingerprint density at radius 2 is 1.69 bits per heavy atom. The highest BCUT2D eigenvalue weighted by atomic mass is 127. The average molecular weight is 471 g/mol. The van der Waals surface area contributed by atoms with Gasteiger partial charge in [0, 0.05) is 20.2 Å². The molecule has 0 fully saturated rings. The van der Waals surface area contributed by atoms with E-state index < -0.39 is 0 Å². The van der Waals surface area contributed by atoms with Gasteiger partial charge in [0.1, 0.15) is 5.82 Å². The second-order valence-electron chi connectivity index (χ2n) is 5.88. The zero-order valence-electron chi connectivity index (χ0n) is 15.5. The standard InChI is InChI=1S/C20H26FN3O.HI/c1-4-22-20(24-13-18-9-10-19(21)15(2)11-18)23-12-16-5-7-17(8-6-16)14-25-3;/h5-11H,4,12-14H2,1-3H3,(H2,22,23,24);1H. The van der Waals surface area contributed by atoms with Crippen molar-refractivity contribution >= 4 is 29.9 Å². The Hall–Kier alpha value is -1.67. The lowest BCUT2D eigenvalue weighted by atomic mass is 10.1. The van der Waals surface area contributed by atoms with Crippen LogP contribution in [-0.4, -0.2) is 19.6 Å². The van der Waals surface area contributed by atoms with E-state index in [1.807, 2.05) is 13.0 Å². The molecule has 2 N–H and O–H groups in total. The molecule has 0 radical (unpaired) electrons. The lowest BCUT2D eigenvalue weighted by Crippen LogP contribution is -2.36. The lowest BCUT2D eigenvalue weighted by molar-refractivity contribution is 0.185. The number of aryl methyl sites for hydroxylation is 1. The van der Waals surface area contributed by atoms with E-state index in [2.05, 4.69) is 39.9 Å². The van der Waals surface area contributed by atoms with E-state index in [-0.39, 0.29) is 29.8 Å². The summed E-state index contributed by atoms with van der Waals surface area (Å²) in [5.74, 6) is 0.556. The minimum atomic E-state index is -0.185. The number of hydrogen-bond donors (Lipinski definition) is 2. The summed E-state index contributed by atoms with van der Waals surface area (Å²) in [6, 6.07) is 13.4. The van der Waals surface area contributed by atoms with Crippen LogP contribution in [0, 0.1) is 12.7 Å². The van der Waals surface area contributed by atoms with Crippen molar-refractivity contribution < 1.29 is 9.13 Å². The third-order valence-corrected chi connectivity index (χ3v) is 3.78. The number of methoxy groups -OCH3 is 1. The SMILES string of the molecule is CCNC(=NCc1ccc(F)c(C)c1)NCc1ccc(COC)cc1.I. The van der Waals surface area contributed by atoms with Crippen molar-refractivity contribution in [3.05, 3.63) is 70.5 Å². The molecule has 26 heavy (non-hydrogen) atoms. The second-order valence-corrected chi connectivity index (χ2v) is 5.88. The Labute approximate surface area is 172 Å². The van der Waals surface area contributed by atoms with Crippen LogP contribution in [0.4, 0.5) is 4.39 Å². The molecule has 0 spiro atoms. The van der Waals surface area contributed by atoms with Crippen molar-refractivity contribution in [2.75, 3.05) is 13.7 Å². The van der Waals surface area contributed by atoms with Gasteiger partial charge in [0.05, 0.1) is 13.2 Å². The number of aliphatic imine (C=N–C) groups is 1. The molecule has 0 amide bonds. The first-order chi connectivity index (χ1) is 12.1. The fraction of sp³-hybridized carbons (Fsp3) is 0.350. The van der Waals surface area contributed by atoms with Gasteiger partial charge in [0.25, 0.3) is 0 Å². The van der Waals surface area contributed by atoms with Gasteiger partial charge in [-0.2, -0.15) is 0 Å². The Bertz CT molecular complexity index is 705. The van der Waals surface area contributed by atoms with E-state index in [4.69, 9.17) is 4.74 Å². The minimum absolute atomic E-state index is 0.